The van der Waals surface area contributed by atoms with Gasteiger partial charge in [-0.3, -0.25) is 14.5 Å². The number of carbonyl (C=O) groups excluding carboxylic acids is 3. The van der Waals surface area contributed by atoms with Crippen molar-refractivity contribution >= 4 is 17.7 Å². The van der Waals surface area contributed by atoms with Crippen LogP contribution < -0.4 is 10.1 Å². The number of urea groups is 1. The number of amides is 3. The van der Waals surface area contributed by atoms with E-state index in [2.05, 4.69) is 11.4 Å². The maximum Gasteiger partial charge on any atom is 0.325 e. The van der Waals surface area contributed by atoms with Crippen molar-refractivity contribution in [1.82, 2.24) is 14.8 Å². The van der Waals surface area contributed by atoms with Crippen LogP contribution in [0.1, 0.15) is 39.3 Å². The number of nitrogens with one attached hydrogen (secondary N) is 1. The normalized spacial score (nSPS) is 19.3. The van der Waals surface area contributed by atoms with Gasteiger partial charge in [0.05, 0.1) is 13.7 Å². The Kier molecular flexibility index (Phi) is 5.27. The van der Waals surface area contributed by atoms with Gasteiger partial charge in [0.25, 0.3) is 5.91 Å². The number of aryl methyl sites for hydroxylation is 2. The van der Waals surface area contributed by atoms with Crippen molar-refractivity contribution in [3.8, 4) is 11.4 Å². The summed E-state index contributed by atoms with van der Waals surface area (Å²) in [6.45, 7) is 3.52. The van der Waals surface area contributed by atoms with Gasteiger partial charge in [-0.15, -0.1) is 0 Å². The Bertz CT molecular complexity index is 1310. The number of ketones is 1. The molecule has 174 valence electrons. The number of rotatable bonds is 5. The van der Waals surface area contributed by atoms with Crippen molar-refractivity contribution in [2.45, 2.75) is 38.6 Å². The summed E-state index contributed by atoms with van der Waals surface area (Å²) in [5, 5.41) is 2.90. The Labute approximate surface area is 198 Å². The maximum absolute atomic E-state index is 13.4. The van der Waals surface area contributed by atoms with Crippen molar-refractivity contribution < 1.29 is 19.1 Å². The van der Waals surface area contributed by atoms with Gasteiger partial charge in [0, 0.05) is 29.1 Å². The summed E-state index contributed by atoms with van der Waals surface area (Å²) < 4.78 is 7.22. The predicted octanol–water partition coefficient (Wildman–Crippen LogP) is 3.76. The van der Waals surface area contributed by atoms with Crippen LogP contribution in [0.25, 0.3) is 5.69 Å². The highest BCUT2D eigenvalue weighted by molar-refractivity contribution is 6.11. The highest BCUT2D eigenvalue weighted by atomic mass is 16.5. The van der Waals surface area contributed by atoms with E-state index in [1.54, 1.807) is 7.11 Å². The molecule has 1 fully saturated rings. The number of benzene rings is 2. The molecule has 3 aromatic rings. The van der Waals surface area contributed by atoms with Crippen LogP contribution in [-0.2, 0) is 17.6 Å². The molecule has 0 bridgehead atoms. The summed E-state index contributed by atoms with van der Waals surface area (Å²) in [4.78, 5) is 40.5. The molecule has 0 unspecified atom stereocenters. The Morgan fingerprint density at radius 3 is 2.47 bits per heavy atom. The summed E-state index contributed by atoms with van der Waals surface area (Å²) >= 11 is 0. The van der Waals surface area contributed by atoms with E-state index in [9.17, 15) is 14.4 Å². The zero-order valence-corrected chi connectivity index (χ0v) is 19.6. The standard InChI is InChI=1S/C27H27N3O4/c1-17-14-23(18(2)30(17)21-8-10-22(34-3)11-9-21)24(31)16-29-25(32)27(28-26(29)33)13-12-19-6-4-5-7-20(19)15-27/h4-11,14H,12-13,15-16H2,1-3H3,(H,28,33)/t27-/m1/s1. The number of fused-ring (bicyclic) bond motifs is 1. The molecule has 0 saturated carbocycles. The summed E-state index contributed by atoms with van der Waals surface area (Å²) in [6.07, 6.45) is 1.70. The smallest absolute Gasteiger partial charge is 0.325 e. The van der Waals surface area contributed by atoms with Crippen LogP contribution in [0.4, 0.5) is 4.79 Å². The lowest BCUT2D eigenvalue weighted by atomic mass is 9.78. The number of carbonyl (C=O) groups is 3. The van der Waals surface area contributed by atoms with Crippen LogP contribution in [-0.4, -0.2) is 46.4 Å². The van der Waals surface area contributed by atoms with Crippen molar-refractivity contribution in [3.63, 3.8) is 0 Å². The fourth-order valence-electron chi connectivity index (χ4n) is 5.25. The molecule has 2 aliphatic rings. The van der Waals surface area contributed by atoms with Crippen LogP contribution in [0.15, 0.2) is 54.6 Å². The molecule has 3 amide bonds. The third kappa shape index (κ3) is 3.48. The van der Waals surface area contributed by atoms with Crippen molar-refractivity contribution in [2.75, 3.05) is 13.7 Å². The van der Waals surface area contributed by atoms with Gasteiger partial charge < -0.3 is 14.6 Å². The number of Topliss-reactive ketones (excluding diaryl/α,β-unsaturated/α-hetero) is 1. The largest absolute Gasteiger partial charge is 0.497 e. The third-order valence-electron chi connectivity index (χ3n) is 7.04. The lowest BCUT2D eigenvalue weighted by molar-refractivity contribution is -0.131. The van der Waals surface area contributed by atoms with E-state index in [0.717, 1.165) is 33.3 Å². The number of hydrogen-bond acceptors (Lipinski definition) is 4. The van der Waals surface area contributed by atoms with Crippen LogP contribution in [0.3, 0.4) is 0 Å². The lowest BCUT2D eigenvalue weighted by Crippen LogP contribution is -2.51. The van der Waals surface area contributed by atoms with Crippen LogP contribution >= 0.6 is 0 Å². The van der Waals surface area contributed by atoms with Crippen LogP contribution in [0.2, 0.25) is 0 Å². The van der Waals surface area contributed by atoms with Gasteiger partial charge in [-0.25, -0.2) is 4.79 Å². The molecule has 1 aliphatic heterocycles. The van der Waals surface area contributed by atoms with Crippen LogP contribution in [0.5, 0.6) is 5.75 Å². The van der Waals surface area contributed by atoms with Crippen molar-refractivity contribution in [3.05, 3.63) is 82.7 Å². The molecule has 1 N–H and O–H groups in total. The second-order valence-electron chi connectivity index (χ2n) is 9.09. The topological polar surface area (TPSA) is 80.6 Å². The fourth-order valence-corrected chi connectivity index (χ4v) is 5.25. The van der Waals surface area contributed by atoms with Gasteiger partial charge in [-0.05, 0) is 68.1 Å². The molecule has 1 saturated heterocycles. The quantitative estimate of drug-likeness (QED) is 0.467. The Morgan fingerprint density at radius 2 is 1.76 bits per heavy atom. The van der Waals surface area contributed by atoms with Gasteiger partial charge in [0.2, 0.25) is 0 Å². The second kappa shape index (κ2) is 8.17. The summed E-state index contributed by atoms with van der Waals surface area (Å²) in [5.74, 6) is 0.175. The van der Waals surface area contributed by atoms with E-state index in [0.29, 0.717) is 24.8 Å². The molecule has 1 spiro atoms. The SMILES string of the molecule is COc1ccc(-n2c(C)cc(C(=O)CN3C(=O)N[C@@]4(CCc5ccccc5C4)C3=O)c2C)cc1. The molecular weight excluding hydrogens is 430 g/mol. The van der Waals surface area contributed by atoms with Gasteiger partial charge >= 0.3 is 6.03 Å². The zero-order valence-electron chi connectivity index (χ0n) is 19.6. The number of hydrogen-bond donors (Lipinski definition) is 1. The molecule has 1 aromatic heterocycles. The Morgan fingerprint density at radius 1 is 1.06 bits per heavy atom. The van der Waals surface area contributed by atoms with Crippen molar-refractivity contribution in [2.24, 2.45) is 0 Å². The van der Waals surface area contributed by atoms with E-state index in [-0.39, 0.29) is 18.2 Å². The zero-order chi connectivity index (χ0) is 24.0. The van der Waals surface area contributed by atoms with E-state index >= 15 is 0 Å². The Hall–Kier alpha value is -3.87. The first-order valence-electron chi connectivity index (χ1n) is 11.4. The highest BCUT2D eigenvalue weighted by Crippen LogP contribution is 2.34. The summed E-state index contributed by atoms with van der Waals surface area (Å²) in [6, 6.07) is 16.9. The van der Waals surface area contributed by atoms with E-state index in [1.165, 1.54) is 5.56 Å². The first-order valence-corrected chi connectivity index (χ1v) is 11.4. The van der Waals surface area contributed by atoms with E-state index < -0.39 is 11.6 Å². The van der Waals surface area contributed by atoms with Crippen molar-refractivity contribution in [1.29, 1.82) is 0 Å². The highest BCUT2D eigenvalue weighted by Gasteiger charge is 2.52. The Balaban J connectivity index is 1.38. The summed E-state index contributed by atoms with van der Waals surface area (Å²) in [7, 11) is 1.62. The first kappa shape index (κ1) is 21.9. The van der Waals surface area contributed by atoms with Crippen LogP contribution in [0, 0.1) is 13.8 Å². The lowest BCUT2D eigenvalue weighted by Gasteiger charge is -2.32. The molecule has 2 heterocycles. The number of imide groups is 1. The molecule has 5 rings (SSSR count). The number of aromatic nitrogens is 1. The average molecular weight is 458 g/mol. The molecular formula is C27H27N3O4. The minimum absolute atomic E-state index is 0.260. The van der Waals surface area contributed by atoms with Gasteiger partial charge in [-0.1, -0.05) is 24.3 Å². The summed E-state index contributed by atoms with van der Waals surface area (Å²) in [5.41, 5.74) is 4.37. The molecule has 7 heteroatoms. The average Bonchev–Trinajstić information content (AvgIpc) is 3.26. The molecule has 7 nitrogen and oxygen atoms in total. The molecule has 34 heavy (non-hydrogen) atoms. The molecule has 2 aromatic carbocycles. The molecule has 1 atom stereocenters. The number of ether oxygens (including phenoxy) is 1. The first-order chi connectivity index (χ1) is 16.3. The minimum atomic E-state index is -0.967. The fraction of sp³-hybridized carbons (Fsp3) is 0.296. The predicted molar refractivity (Wildman–Crippen MR) is 128 cm³/mol. The third-order valence-corrected chi connectivity index (χ3v) is 7.04. The number of nitrogens with zero attached hydrogens (tertiary/aromatic N) is 2. The molecule has 0 radical (unpaired) electrons. The number of methoxy groups -OCH3 is 1. The van der Waals surface area contributed by atoms with E-state index in [4.69, 9.17) is 4.74 Å². The minimum Gasteiger partial charge on any atom is -0.497 e. The monoisotopic (exact) mass is 457 g/mol. The maximum atomic E-state index is 13.4. The van der Waals surface area contributed by atoms with Gasteiger partial charge in [0.15, 0.2) is 5.78 Å². The van der Waals surface area contributed by atoms with Gasteiger partial charge in [0.1, 0.15) is 11.3 Å². The molecule has 1 aliphatic carbocycles. The second-order valence-corrected chi connectivity index (χ2v) is 9.09. The van der Waals surface area contributed by atoms with Gasteiger partial charge in [-0.2, -0.15) is 0 Å². The van der Waals surface area contributed by atoms with E-state index in [1.807, 2.05) is 66.9 Å².